The smallest absolute Gasteiger partial charge is 0.0730 e. The van der Waals surface area contributed by atoms with Gasteiger partial charge in [0.15, 0.2) is 0 Å². The lowest BCUT2D eigenvalue weighted by Crippen LogP contribution is -1.97. The third kappa shape index (κ3) is 1.50. The van der Waals surface area contributed by atoms with Gasteiger partial charge in [-0.3, -0.25) is 5.10 Å². The van der Waals surface area contributed by atoms with Gasteiger partial charge in [-0.15, -0.1) is 0 Å². The molecule has 3 heteroatoms. The van der Waals surface area contributed by atoms with E-state index >= 15 is 0 Å². The lowest BCUT2D eigenvalue weighted by atomic mass is 10.1. The first-order valence-corrected chi connectivity index (χ1v) is 3.48. The fourth-order valence-corrected chi connectivity index (χ4v) is 0.894. The maximum atomic E-state index is 5.60. The molecule has 0 aliphatic heterocycles. The molecule has 0 unspecified atom stereocenters. The third-order valence-electron chi connectivity index (χ3n) is 1.36. The highest BCUT2D eigenvalue weighted by Crippen LogP contribution is 2.11. The van der Waals surface area contributed by atoms with Crippen LogP contribution in [-0.2, 0) is 6.42 Å². The highest BCUT2D eigenvalue weighted by molar-refractivity contribution is 5.39. The molecule has 3 N–H and O–H groups in total. The Balaban J connectivity index is 2.65. The van der Waals surface area contributed by atoms with Crippen molar-refractivity contribution in [1.29, 1.82) is 0 Å². The molecule has 56 valence electrons. The van der Waals surface area contributed by atoms with Gasteiger partial charge in [0.05, 0.1) is 17.6 Å². The maximum absolute atomic E-state index is 5.60. The Labute approximate surface area is 60.6 Å². The molecule has 0 aliphatic rings. The molecule has 0 spiro atoms. The number of nitrogen functional groups attached to an aromatic ring is 1. The SMILES string of the molecule is CC(C)Cc1[nH]ncc1N. The van der Waals surface area contributed by atoms with E-state index < -0.39 is 0 Å². The van der Waals surface area contributed by atoms with Gasteiger partial charge in [0.2, 0.25) is 0 Å². The predicted octanol–water partition coefficient (Wildman–Crippen LogP) is 1.19. The van der Waals surface area contributed by atoms with E-state index in [0.717, 1.165) is 17.8 Å². The Bertz CT molecular complexity index is 202. The van der Waals surface area contributed by atoms with E-state index in [9.17, 15) is 0 Å². The summed E-state index contributed by atoms with van der Waals surface area (Å²) in [6.07, 6.45) is 2.63. The van der Waals surface area contributed by atoms with Crippen molar-refractivity contribution in [3.63, 3.8) is 0 Å². The van der Waals surface area contributed by atoms with Crippen LogP contribution >= 0.6 is 0 Å². The summed E-state index contributed by atoms with van der Waals surface area (Å²) in [5.74, 6) is 0.628. The number of nitrogens with two attached hydrogens (primary N) is 1. The molecular weight excluding hydrogens is 126 g/mol. The monoisotopic (exact) mass is 139 g/mol. The average molecular weight is 139 g/mol. The minimum atomic E-state index is 0.628. The molecule has 10 heavy (non-hydrogen) atoms. The van der Waals surface area contributed by atoms with Gasteiger partial charge >= 0.3 is 0 Å². The third-order valence-corrected chi connectivity index (χ3v) is 1.36. The molecule has 0 fully saturated rings. The van der Waals surface area contributed by atoms with Crippen LogP contribution in [0.5, 0.6) is 0 Å². The standard InChI is InChI=1S/C7H13N3/c1-5(2)3-7-6(8)4-9-10-7/h4-5H,3,8H2,1-2H3,(H,9,10). The minimum Gasteiger partial charge on any atom is -0.396 e. The lowest BCUT2D eigenvalue weighted by molar-refractivity contribution is 0.635. The second-order valence-electron chi connectivity index (χ2n) is 2.90. The largest absolute Gasteiger partial charge is 0.396 e. The highest BCUT2D eigenvalue weighted by Gasteiger charge is 2.02. The molecule has 0 amide bonds. The van der Waals surface area contributed by atoms with Gasteiger partial charge in [0.1, 0.15) is 0 Å². The van der Waals surface area contributed by atoms with Crippen LogP contribution < -0.4 is 5.73 Å². The van der Waals surface area contributed by atoms with Crippen molar-refractivity contribution in [2.75, 3.05) is 5.73 Å². The molecule has 0 bridgehead atoms. The molecule has 0 atom stereocenters. The van der Waals surface area contributed by atoms with E-state index in [1.54, 1.807) is 6.20 Å². The summed E-state index contributed by atoms with van der Waals surface area (Å²) < 4.78 is 0. The molecule has 0 aliphatic carbocycles. The van der Waals surface area contributed by atoms with Crippen LogP contribution in [-0.4, -0.2) is 10.2 Å². The topological polar surface area (TPSA) is 54.7 Å². The fourth-order valence-electron chi connectivity index (χ4n) is 0.894. The summed E-state index contributed by atoms with van der Waals surface area (Å²) in [6.45, 7) is 4.31. The molecule has 1 heterocycles. The summed E-state index contributed by atoms with van der Waals surface area (Å²) in [5, 5.41) is 6.69. The van der Waals surface area contributed by atoms with E-state index in [1.807, 2.05) is 0 Å². The zero-order valence-electron chi connectivity index (χ0n) is 6.39. The number of aromatic amines is 1. The first-order chi connectivity index (χ1) is 4.70. The van der Waals surface area contributed by atoms with Gasteiger partial charge < -0.3 is 5.73 Å². The van der Waals surface area contributed by atoms with Crippen LogP contribution in [0.3, 0.4) is 0 Å². The van der Waals surface area contributed by atoms with Crippen LogP contribution in [0, 0.1) is 5.92 Å². The molecular formula is C7H13N3. The van der Waals surface area contributed by atoms with Crippen molar-refractivity contribution in [2.45, 2.75) is 20.3 Å². The molecule has 0 saturated heterocycles. The summed E-state index contributed by atoms with van der Waals surface area (Å²) in [6, 6.07) is 0. The van der Waals surface area contributed by atoms with E-state index in [0.29, 0.717) is 5.92 Å². The van der Waals surface area contributed by atoms with Crippen LogP contribution in [0.2, 0.25) is 0 Å². The second kappa shape index (κ2) is 2.73. The number of rotatable bonds is 2. The number of aromatic nitrogens is 2. The first-order valence-electron chi connectivity index (χ1n) is 3.48. The Hall–Kier alpha value is -0.990. The van der Waals surface area contributed by atoms with Gasteiger partial charge in [-0.05, 0) is 12.3 Å². The number of nitrogens with one attached hydrogen (secondary N) is 1. The van der Waals surface area contributed by atoms with Crippen molar-refractivity contribution < 1.29 is 0 Å². The Kier molecular flexibility index (Phi) is 1.94. The Morgan fingerprint density at radius 2 is 2.40 bits per heavy atom. The zero-order valence-corrected chi connectivity index (χ0v) is 6.39. The summed E-state index contributed by atoms with van der Waals surface area (Å²) in [7, 11) is 0. The van der Waals surface area contributed by atoms with Crippen molar-refractivity contribution >= 4 is 5.69 Å². The van der Waals surface area contributed by atoms with Crippen LogP contribution in [0.1, 0.15) is 19.5 Å². The van der Waals surface area contributed by atoms with Crippen LogP contribution in [0.25, 0.3) is 0 Å². The summed E-state index contributed by atoms with van der Waals surface area (Å²) in [5.41, 5.74) is 7.42. The van der Waals surface area contributed by atoms with Gasteiger partial charge in [-0.2, -0.15) is 5.10 Å². The predicted molar refractivity (Wildman–Crippen MR) is 41.5 cm³/mol. The Morgan fingerprint density at radius 3 is 2.80 bits per heavy atom. The molecule has 1 aromatic heterocycles. The average Bonchev–Trinajstić information content (AvgIpc) is 2.15. The molecule has 3 nitrogen and oxygen atoms in total. The lowest BCUT2D eigenvalue weighted by Gasteiger charge is -2.01. The Morgan fingerprint density at radius 1 is 1.70 bits per heavy atom. The summed E-state index contributed by atoms with van der Waals surface area (Å²) >= 11 is 0. The summed E-state index contributed by atoms with van der Waals surface area (Å²) in [4.78, 5) is 0. The highest BCUT2D eigenvalue weighted by atomic mass is 15.1. The number of hydrogen-bond donors (Lipinski definition) is 2. The fraction of sp³-hybridized carbons (Fsp3) is 0.571. The van der Waals surface area contributed by atoms with E-state index in [4.69, 9.17) is 5.73 Å². The molecule has 0 radical (unpaired) electrons. The minimum absolute atomic E-state index is 0.628. The van der Waals surface area contributed by atoms with Crippen LogP contribution in [0.15, 0.2) is 6.20 Å². The van der Waals surface area contributed by atoms with Gasteiger partial charge in [0.25, 0.3) is 0 Å². The van der Waals surface area contributed by atoms with E-state index in [1.165, 1.54) is 0 Å². The quantitative estimate of drug-likeness (QED) is 0.646. The first kappa shape index (κ1) is 7.12. The van der Waals surface area contributed by atoms with E-state index in [2.05, 4.69) is 24.0 Å². The maximum Gasteiger partial charge on any atom is 0.0730 e. The molecule has 0 aromatic carbocycles. The number of hydrogen-bond acceptors (Lipinski definition) is 2. The van der Waals surface area contributed by atoms with Crippen molar-refractivity contribution in [1.82, 2.24) is 10.2 Å². The molecule has 1 rings (SSSR count). The van der Waals surface area contributed by atoms with Crippen molar-refractivity contribution in [3.05, 3.63) is 11.9 Å². The number of nitrogens with zero attached hydrogens (tertiary/aromatic N) is 1. The second-order valence-corrected chi connectivity index (χ2v) is 2.90. The normalized spacial score (nSPS) is 10.7. The van der Waals surface area contributed by atoms with Gasteiger partial charge in [0, 0.05) is 0 Å². The van der Waals surface area contributed by atoms with Crippen molar-refractivity contribution in [2.24, 2.45) is 5.92 Å². The number of H-pyrrole nitrogens is 1. The molecule has 0 saturated carbocycles. The van der Waals surface area contributed by atoms with Gasteiger partial charge in [-0.1, -0.05) is 13.8 Å². The van der Waals surface area contributed by atoms with Crippen molar-refractivity contribution in [3.8, 4) is 0 Å². The van der Waals surface area contributed by atoms with Gasteiger partial charge in [-0.25, -0.2) is 0 Å². The zero-order chi connectivity index (χ0) is 7.56. The molecule has 1 aromatic rings. The van der Waals surface area contributed by atoms with E-state index in [-0.39, 0.29) is 0 Å². The number of anilines is 1. The van der Waals surface area contributed by atoms with Crippen LogP contribution in [0.4, 0.5) is 5.69 Å².